The van der Waals surface area contributed by atoms with E-state index in [0.717, 1.165) is 31.1 Å². The first-order valence-electron chi connectivity index (χ1n) is 7.51. The fourth-order valence-electron chi connectivity index (χ4n) is 3.09. The zero-order chi connectivity index (χ0) is 14.7. The van der Waals surface area contributed by atoms with Crippen molar-refractivity contribution < 1.29 is 0 Å². The molecule has 2 aromatic rings. The van der Waals surface area contributed by atoms with Gasteiger partial charge in [-0.25, -0.2) is 0 Å². The van der Waals surface area contributed by atoms with Crippen LogP contribution in [0, 0.1) is 6.92 Å². The average Bonchev–Trinajstić information content (AvgIpc) is 2.48. The van der Waals surface area contributed by atoms with E-state index in [4.69, 9.17) is 11.6 Å². The number of hydrogen-bond donors (Lipinski definition) is 1. The van der Waals surface area contributed by atoms with Crippen LogP contribution in [0.1, 0.15) is 11.1 Å². The Morgan fingerprint density at radius 3 is 2.71 bits per heavy atom. The lowest BCUT2D eigenvalue weighted by molar-refractivity contribution is 0.454. The van der Waals surface area contributed by atoms with Gasteiger partial charge in [-0.2, -0.15) is 0 Å². The molecular formula is C18H21ClN2. The highest BCUT2D eigenvalue weighted by Gasteiger charge is 2.22. The summed E-state index contributed by atoms with van der Waals surface area (Å²) in [4.78, 5) is 2.42. The lowest BCUT2D eigenvalue weighted by Crippen LogP contribution is -2.52. The summed E-state index contributed by atoms with van der Waals surface area (Å²) in [5, 5.41) is 4.48. The molecule has 0 saturated carbocycles. The van der Waals surface area contributed by atoms with Crippen LogP contribution in [0.3, 0.4) is 0 Å². The summed E-state index contributed by atoms with van der Waals surface area (Å²) in [6.07, 6.45) is 1.06. The molecule has 0 radical (unpaired) electrons. The largest absolute Gasteiger partial charge is 0.367 e. The van der Waals surface area contributed by atoms with Crippen LogP contribution in [0.5, 0.6) is 0 Å². The van der Waals surface area contributed by atoms with Crippen LogP contribution in [0.15, 0.2) is 48.5 Å². The molecule has 1 N–H and O–H groups in total. The summed E-state index contributed by atoms with van der Waals surface area (Å²) in [6.45, 7) is 5.15. The minimum absolute atomic E-state index is 0.469. The lowest BCUT2D eigenvalue weighted by atomic mass is 10.0. The van der Waals surface area contributed by atoms with Gasteiger partial charge in [0.2, 0.25) is 0 Å². The maximum absolute atomic E-state index is 6.41. The zero-order valence-corrected chi connectivity index (χ0v) is 13.1. The number of anilines is 1. The molecular weight excluding hydrogens is 280 g/mol. The average molecular weight is 301 g/mol. The third-order valence-electron chi connectivity index (χ3n) is 4.09. The van der Waals surface area contributed by atoms with Crippen LogP contribution in [0.4, 0.5) is 5.69 Å². The molecule has 1 saturated heterocycles. The Labute approximate surface area is 131 Å². The van der Waals surface area contributed by atoms with E-state index >= 15 is 0 Å². The molecule has 21 heavy (non-hydrogen) atoms. The maximum Gasteiger partial charge on any atom is 0.0642 e. The Morgan fingerprint density at radius 2 is 1.95 bits per heavy atom. The van der Waals surface area contributed by atoms with Gasteiger partial charge in [-0.05, 0) is 30.5 Å². The summed E-state index contributed by atoms with van der Waals surface area (Å²) < 4.78 is 0. The predicted octanol–water partition coefficient (Wildman–Crippen LogP) is 3.67. The smallest absolute Gasteiger partial charge is 0.0642 e. The van der Waals surface area contributed by atoms with Gasteiger partial charge in [0.05, 0.1) is 10.7 Å². The highest BCUT2D eigenvalue weighted by Crippen LogP contribution is 2.30. The van der Waals surface area contributed by atoms with Crippen molar-refractivity contribution in [2.24, 2.45) is 0 Å². The first kappa shape index (κ1) is 14.4. The summed E-state index contributed by atoms with van der Waals surface area (Å²) in [7, 11) is 0. The highest BCUT2D eigenvalue weighted by atomic mass is 35.5. The number of nitrogens with zero attached hydrogens (tertiary/aromatic N) is 1. The molecule has 3 heteroatoms. The molecule has 110 valence electrons. The number of rotatable bonds is 3. The van der Waals surface area contributed by atoms with E-state index in [1.54, 1.807) is 0 Å². The molecule has 3 rings (SSSR count). The molecule has 0 spiro atoms. The molecule has 1 fully saturated rings. The molecule has 1 aliphatic heterocycles. The van der Waals surface area contributed by atoms with Crippen LogP contribution < -0.4 is 10.2 Å². The Balaban J connectivity index is 1.74. The van der Waals surface area contributed by atoms with E-state index in [1.165, 1.54) is 16.8 Å². The number of piperazine rings is 1. The second-order valence-electron chi connectivity index (χ2n) is 5.69. The van der Waals surface area contributed by atoms with Gasteiger partial charge in [0.15, 0.2) is 0 Å². The first-order chi connectivity index (χ1) is 10.2. The molecule has 0 aliphatic carbocycles. The molecule has 2 aromatic carbocycles. The van der Waals surface area contributed by atoms with Crippen LogP contribution >= 0.6 is 11.6 Å². The topological polar surface area (TPSA) is 15.3 Å². The third kappa shape index (κ3) is 3.39. The van der Waals surface area contributed by atoms with E-state index in [0.29, 0.717) is 6.04 Å². The Hall–Kier alpha value is -1.51. The second-order valence-corrected chi connectivity index (χ2v) is 6.10. The fraction of sp³-hybridized carbons (Fsp3) is 0.333. The van der Waals surface area contributed by atoms with Gasteiger partial charge in [-0.1, -0.05) is 54.1 Å². The van der Waals surface area contributed by atoms with Crippen molar-refractivity contribution in [1.82, 2.24) is 5.32 Å². The summed E-state index contributed by atoms with van der Waals surface area (Å²) in [5.41, 5.74) is 3.83. The van der Waals surface area contributed by atoms with Crippen LogP contribution in [0.25, 0.3) is 0 Å². The van der Waals surface area contributed by atoms with E-state index in [2.05, 4.69) is 53.5 Å². The van der Waals surface area contributed by atoms with Gasteiger partial charge in [0.1, 0.15) is 0 Å². The quantitative estimate of drug-likeness (QED) is 0.930. The SMILES string of the molecule is Cc1cccc(Cl)c1N1CCNC(Cc2ccccc2)C1. The maximum atomic E-state index is 6.41. The van der Waals surface area contributed by atoms with Crippen molar-refractivity contribution >= 4 is 17.3 Å². The van der Waals surface area contributed by atoms with E-state index in [9.17, 15) is 0 Å². The Bertz CT molecular complexity index is 577. The number of para-hydroxylation sites is 1. The van der Waals surface area contributed by atoms with Crippen molar-refractivity contribution in [3.63, 3.8) is 0 Å². The molecule has 0 aromatic heterocycles. The number of aryl methyl sites for hydroxylation is 1. The molecule has 1 unspecified atom stereocenters. The highest BCUT2D eigenvalue weighted by molar-refractivity contribution is 6.33. The van der Waals surface area contributed by atoms with Gasteiger partial charge < -0.3 is 10.2 Å². The van der Waals surface area contributed by atoms with Gasteiger partial charge in [0.25, 0.3) is 0 Å². The molecule has 1 aliphatic rings. The molecule has 0 amide bonds. The van der Waals surface area contributed by atoms with Gasteiger partial charge in [-0.3, -0.25) is 0 Å². The fourth-order valence-corrected chi connectivity index (χ4v) is 3.43. The Kier molecular flexibility index (Phi) is 4.47. The predicted molar refractivity (Wildman–Crippen MR) is 90.3 cm³/mol. The zero-order valence-electron chi connectivity index (χ0n) is 12.3. The normalized spacial score (nSPS) is 18.8. The van der Waals surface area contributed by atoms with Gasteiger partial charge in [0, 0.05) is 25.7 Å². The summed E-state index contributed by atoms with van der Waals surface area (Å²) in [5.74, 6) is 0. The van der Waals surface area contributed by atoms with Crippen LogP contribution in [-0.2, 0) is 6.42 Å². The van der Waals surface area contributed by atoms with E-state index in [-0.39, 0.29) is 0 Å². The minimum atomic E-state index is 0.469. The monoisotopic (exact) mass is 300 g/mol. The molecule has 1 heterocycles. The molecule has 2 nitrogen and oxygen atoms in total. The standard InChI is InChI=1S/C18H21ClN2/c1-14-6-5-9-17(19)18(14)21-11-10-20-16(13-21)12-15-7-3-2-4-8-15/h2-9,16,20H,10-13H2,1H3. The molecule has 1 atom stereocenters. The lowest BCUT2D eigenvalue weighted by Gasteiger charge is -2.36. The van der Waals surface area contributed by atoms with Crippen LogP contribution in [-0.4, -0.2) is 25.7 Å². The van der Waals surface area contributed by atoms with Crippen molar-refractivity contribution in [3.8, 4) is 0 Å². The minimum Gasteiger partial charge on any atom is -0.367 e. The third-order valence-corrected chi connectivity index (χ3v) is 4.39. The Morgan fingerprint density at radius 1 is 1.14 bits per heavy atom. The van der Waals surface area contributed by atoms with Crippen molar-refractivity contribution in [3.05, 3.63) is 64.7 Å². The number of hydrogen-bond acceptors (Lipinski definition) is 2. The van der Waals surface area contributed by atoms with E-state index in [1.807, 2.05) is 12.1 Å². The van der Waals surface area contributed by atoms with Gasteiger partial charge in [-0.15, -0.1) is 0 Å². The van der Waals surface area contributed by atoms with Crippen molar-refractivity contribution in [2.45, 2.75) is 19.4 Å². The van der Waals surface area contributed by atoms with Gasteiger partial charge >= 0.3 is 0 Å². The second kappa shape index (κ2) is 6.50. The first-order valence-corrected chi connectivity index (χ1v) is 7.89. The number of halogens is 1. The van der Waals surface area contributed by atoms with Crippen molar-refractivity contribution in [2.75, 3.05) is 24.5 Å². The van der Waals surface area contributed by atoms with E-state index < -0.39 is 0 Å². The summed E-state index contributed by atoms with van der Waals surface area (Å²) >= 11 is 6.41. The number of benzene rings is 2. The van der Waals surface area contributed by atoms with Crippen molar-refractivity contribution in [1.29, 1.82) is 0 Å². The summed E-state index contributed by atoms with van der Waals surface area (Å²) in [6, 6.07) is 17.3. The molecule has 0 bridgehead atoms. The number of nitrogens with one attached hydrogen (secondary N) is 1. The van der Waals surface area contributed by atoms with Crippen LogP contribution in [0.2, 0.25) is 5.02 Å².